The molecule has 1 saturated heterocycles. The molecule has 1 aliphatic rings. The van der Waals surface area contributed by atoms with Crippen LogP contribution in [-0.2, 0) is 6.42 Å². The van der Waals surface area contributed by atoms with Gasteiger partial charge in [-0.3, -0.25) is 0 Å². The molecule has 1 aromatic rings. The maximum Gasteiger partial charge on any atom is 0.0177 e. The molecule has 1 heterocycles. The molecular weight excluding hydrogens is 206 g/mol. The lowest BCUT2D eigenvalue weighted by Gasteiger charge is -2.22. The Balaban J connectivity index is 1.89. The van der Waals surface area contributed by atoms with E-state index in [9.17, 15) is 0 Å². The summed E-state index contributed by atoms with van der Waals surface area (Å²) >= 11 is 0. The average molecular weight is 229 g/mol. The van der Waals surface area contributed by atoms with E-state index < -0.39 is 0 Å². The maximum atomic E-state index is 4.06. The number of benzene rings is 1. The minimum atomic E-state index is 0.849. The van der Waals surface area contributed by atoms with Crippen molar-refractivity contribution in [1.29, 1.82) is 0 Å². The molecule has 0 saturated carbocycles. The minimum Gasteiger partial charge on any atom is -0.376 e. The van der Waals surface area contributed by atoms with Gasteiger partial charge in [-0.1, -0.05) is 36.9 Å². The van der Waals surface area contributed by atoms with Crippen LogP contribution in [0.3, 0.4) is 0 Å². The van der Waals surface area contributed by atoms with Crippen LogP contribution < -0.4 is 0 Å². The Morgan fingerprint density at radius 2 is 2.00 bits per heavy atom. The van der Waals surface area contributed by atoms with Crippen LogP contribution in [0.4, 0.5) is 0 Å². The van der Waals surface area contributed by atoms with Crippen LogP contribution >= 0.6 is 0 Å². The third kappa shape index (κ3) is 3.62. The molecule has 0 bridgehead atoms. The predicted octanol–water partition coefficient (Wildman–Crippen LogP) is 3.86. The Morgan fingerprint density at radius 3 is 2.71 bits per heavy atom. The number of allylic oxidation sites excluding steroid dienone is 1. The Morgan fingerprint density at radius 1 is 1.24 bits per heavy atom. The summed E-state index contributed by atoms with van der Waals surface area (Å²) in [5.74, 6) is 0.849. The highest BCUT2D eigenvalue weighted by atomic mass is 15.1. The van der Waals surface area contributed by atoms with E-state index in [1.807, 2.05) is 0 Å². The molecule has 0 aliphatic carbocycles. The first-order valence-electron chi connectivity index (χ1n) is 6.70. The van der Waals surface area contributed by atoms with Crippen LogP contribution in [0.15, 0.2) is 42.6 Å². The van der Waals surface area contributed by atoms with Crippen molar-refractivity contribution in [3.8, 4) is 0 Å². The normalized spacial score (nSPS) is 21.0. The lowest BCUT2D eigenvalue weighted by molar-refractivity contribution is 0.352. The molecule has 17 heavy (non-hydrogen) atoms. The van der Waals surface area contributed by atoms with Gasteiger partial charge in [0.05, 0.1) is 0 Å². The van der Waals surface area contributed by atoms with E-state index in [0.717, 1.165) is 5.92 Å². The summed E-state index contributed by atoms with van der Waals surface area (Å²) in [6.45, 7) is 8.56. The van der Waals surface area contributed by atoms with Gasteiger partial charge in [-0.15, -0.1) is 0 Å². The second-order valence-corrected chi connectivity index (χ2v) is 5.21. The van der Waals surface area contributed by atoms with Crippen molar-refractivity contribution in [2.45, 2.75) is 32.6 Å². The van der Waals surface area contributed by atoms with Crippen LogP contribution in [0.2, 0.25) is 0 Å². The Kier molecular flexibility index (Phi) is 4.24. The van der Waals surface area contributed by atoms with Gasteiger partial charge >= 0.3 is 0 Å². The summed E-state index contributed by atoms with van der Waals surface area (Å²) in [6, 6.07) is 10.9. The Bertz CT molecular complexity index is 355. The third-order valence-electron chi connectivity index (χ3n) is 3.75. The van der Waals surface area contributed by atoms with E-state index in [4.69, 9.17) is 0 Å². The minimum absolute atomic E-state index is 0.849. The van der Waals surface area contributed by atoms with Crippen LogP contribution in [-0.4, -0.2) is 18.0 Å². The zero-order chi connectivity index (χ0) is 12.1. The van der Waals surface area contributed by atoms with E-state index in [2.05, 4.69) is 48.7 Å². The first-order chi connectivity index (χ1) is 8.25. The molecule has 1 atom stereocenters. The summed E-state index contributed by atoms with van der Waals surface area (Å²) in [6.07, 6.45) is 5.22. The van der Waals surface area contributed by atoms with Crippen LogP contribution in [0.5, 0.6) is 0 Å². The number of hydrogen-bond acceptors (Lipinski definition) is 1. The maximum absolute atomic E-state index is 4.06. The van der Waals surface area contributed by atoms with Gasteiger partial charge < -0.3 is 4.90 Å². The first kappa shape index (κ1) is 12.2. The van der Waals surface area contributed by atoms with Crippen molar-refractivity contribution in [2.24, 2.45) is 5.92 Å². The largest absolute Gasteiger partial charge is 0.376 e. The summed E-state index contributed by atoms with van der Waals surface area (Å²) in [5.41, 5.74) is 2.71. The lowest BCUT2D eigenvalue weighted by atomic mass is 9.93. The molecule has 0 amide bonds. The quantitative estimate of drug-likeness (QED) is 0.760. The molecule has 0 spiro atoms. The van der Waals surface area contributed by atoms with Gasteiger partial charge in [-0.2, -0.15) is 0 Å². The van der Waals surface area contributed by atoms with E-state index in [1.165, 1.54) is 50.0 Å². The lowest BCUT2D eigenvalue weighted by Crippen LogP contribution is -2.22. The number of rotatable bonds is 3. The predicted molar refractivity (Wildman–Crippen MR) is 73.9 cm³/mol. The first-order valence-corrected chi connectivity index (χ1v) is 6.70. The van der Waals surface area contributed by atoms with Crippen molar-refractivity contribution in [3.63, 3.8) is 0 Å². The van der Waals surface area contributed by atoms with Crippen molar-refractivity contribution in [3.05, 3.63) is 48.2 Å². The molecule has 92 valence electrons. The van der Waals surface area contributed by atoms with Gasteiger partial charge in [0.25, 0.3) is 0 Å². The molecule has 0 radical (unpaired) electrons. The van der Waals surface area contributed by atoms with E-state index in [0.29, 0.717) is 0 Å². The number of nitrogens with zero attached hydrogens (tertiary/aromatic N) is 1. The number of hydrogen-bond donors (Lipinski definition) is 0. The monoisotopic (exact) mass is 229 g/mol. The van der Waals surface area contributed by atoms with Crippen molar-refractivity contribution < 1.29 is 0 Å². The second-order valence-electron chi connectivity index (χ2n) is 5.21. The molecule has 1 aromatic carbocycles. The standard InChI is InChI=1S/C16H23N/c1-14(2)17-11-6-9-16(10-12-17)13-15-7-4-3-5-8-15/h3-5,7-8,16H,1,6,9-13H2,2H3. The van der Waals surface area contributed by atoms with Gasteiger partial charge in [0.15, 0.2) is 0 Å². The molecule has 1 heteroatoms. The second kappa shape index (κ2) is 5.90. The highest BCUT2D eigenvalue weighted by Crippen LogP contribution is 2.23. The fourth-order valence-corrected chi connectivity index (χ4v) is 2.70. The Hall–Kier alpha value is -1.24. The Labute approximate surface area is 105 Å². The van der Waals surface area contributed by atoms with Gasteiger partial charge in [-0.25, -0.2) is 0 Å². The summed E-state index contributed by atoms with van der Waals surface area (Å²) in [4.78, 5) is 2.44. The third-order valence-corrected chi connectivity index (χ3v) is 3.75. The van der Waals surface area contributed by atoms with Crippen LogP contribution in [0.1, 0.15) is 31.7 Å². The zero-order valence-corrected chi connectivity index (χ0v) is 10.9. The van der Waals surface area contributed by atoms with Crippen molar-refractivity contribution >= 4 is 0 Å². The SMILES string of the molecule is C=C(C)N1CCCC(Cc2ccccc2)CC1. The molecule has 0 N–H and O–H groups in total. The smallest absolute Gasteiger partial charge is 0.0177 e. The molecule has 1 fully saturated rings. The topological polar surface area (TPSA) is 3.24 Å². The molecule has 2 rings (SSSR count). The van der Waals surface area contributed by atoms with Gasteiger partial charge in [0, 0.05) is 18.8 Å². The van der Waals surface area contributed by atoms with Crippen molar-refractivity contribution in [2.75, 3.05) is 13.1 Å². The van der Waals surface area contributed by atoms with E-state index >= 15 is 0 Å². The summed E-state index contributed by atoms with van der Waals surface area (Å²) in [7, 11) is 0. The molecular formula is C16H23N. The highest BCUT2D eigenvalue weighted by Gasteiger charge is 2.16. The number of likely N-dealkylation sites (tertiary alicyclic amines) is 1. The van der Waals surface area contributed by atoms with Crippen molar-refractivity contribution in [1.82, 2.24) is 4.90 Å². The van der Waals surface area contributed by atoms with Gasteiger partial charge in [0.1, 0.15) is 0 Å². The van der Waals surface area contributed by atoms with E-state index in [1.54, 1.807) is 0 Å². The molecule has 0 aromatic heterocycles. The highest BCUT2D eigenvalue weighted by molar-refractivity contribution is 5.15. The van der Waals surface area contributed by atoms with Gasteiger partial charge in [0.2, 0.25) is 0 Å². The summed E-state index contributed by atoms with van der Waals surface area (Å²) in [5, 5.41) is 0. The molecule has 1 nitrogen and oxygen atoms in total. The molecule has 1 unspecified atom stereocenters. The van der Waals surface area contributed by atoms with E-state index in [-0.39, 0.29) is 0 Å². The van der Waals surface area contributed by atoms with Gasteiger partial charge in [-0.05, 0) is 44.1 Å². The fourth-order valence-electron chi connectivity index (χ4n) is 2.70. The zero-order valence-electron chi connectivity index (χ0n) is 10.9. The summed E-state index contributed by atoms with van der Waals surface area (Å²) < 4.78 is 0. The van der Waals surface area contributed by atoms with Crippen LogP contribution in [0, 0.1) is 5.92 Å². The fraction of sp³-hybridized carbons (Fsp3) is 0.500. The van der Waals surface area contributed by atoms with Crippen LogP contribution in [0.25, 0.3) is 0 Å². The average Bonchev–Trinajstić information content (AvgIpc) is 2.56. The molecule has 1 aliphatic heterocycles.